The molecule has 0 aromatic carbocycles. The van der Waals surface area contributed by atoms with Crippen LogP contribution in [0.1, 0.15) is 13.3 Å². The second-order valence-electron chi connectivity index (χ2n) is 3.71. The summed E-state index contributed by atoms with van der Waals surface area (Å²) in [6.07, 6.45) is 1.84. The second-order valence-corrected chi connectivity index (χ2v) is 4.63. The molecule has 1 heterocycles. The molecule has 17 heavy (non-hydrogen) atoms. The average molecular weight is 305 g/mol. The van der Waals surface area contributed by atoms with Crippen LogP contribution in [-0.2, 0) is 0 Å². The monoisotopic (exact) mass is 304 g/mol. The van der Waals surface area contributed by atoms with Crippen LogP contribution in [0, 0.1) is 5.82 Å². The molecule has 0 aliphatic rings. The molecule has 0 bridgehead atoms. The molecule has 0 aliphatic carbocycles. The average Bonchev–Trinajstić information content (AvgIpc) is 2.28. The summed E-state index contributed by atoms with van der Waals surface area (Å²) in [4.78, 5) is 5.63. The molecule has 1 unspecified atom stereocenters. The number of aromatic nitrogens is 1. The molecule has 1 aromatic rings. The van der Waals surface area contributed by atoms with Crippen LogP contribution in [0.3, 0.4) is 0 Å². The van der Waals surface area contributed by atoms with Crippen molar-refractivity contribution in [1.29, 1.82) is 0 Å². The Labute approximate surface area is 107 Å². The standard InChI is InChI=1S/C10H14BrFN4O/c1-6(3-9(13)15-17)16(2)10-8(12)4-7(11)5-14-10/h4-6,17H,3H2,1-2H3,(H2,13,15). The molecule has 1 atom stereocenters. The number of amidine groups is 1. The first-order chi connectivity index (χ1) is 7.95. The molecule has 3 N–H and O–H groups in total. The second kappa shape index (κ2) is 5.81. The maximum Gasteiger partial charge on any atom is 0.166 e. The first-order valence-corrected chi connectivity index (χ1v) is 5.75. The Balaban J connectivity index is 2.85. The number of rotatable bonds is 4. The first kappa shape index (κ1) is 13.7. The molecular weight excluding hydrogens is 291 g/mol. The SMILES string of the molecule is CC(CC(N)=NO)N(C)c1ncc(Br)cc1F. The van der Waals surface area contributed by atoms with Crippen LogP contribution >= 0.6 is 15.9 Å². The van der Waals surface area contributed by atoms with Gasteiger partial charge in [0.25, 0.3) is 0 Å². The van der Waals surface area contributed by atoms with Crippen LogP contribution < -0.4 is 10.6 Å². The van der Waals surface area contributed by atoms with Crippen LogP contribution in [0.5, 0.6) is 0 Å². The van der Waals surface area contributed by atoms with Gasteiger partial charge in [0, 0.05) is 30.2 Å². The molecule has 0 aliphatic heterocycles. The number of halogens is 2. The summed E-state index contributed by atoms with van der Waals surface area (Å²) < 4.78 is 14.2. The Bertz CT molecular complexity index is 427. The van der Waals surface area contributed by atoms with Gasteiger partial charge in [-0.05, 0) is 28.9 Å². The van der Waals surface area contributed by atoms with Crippen molar-refractivity contribution in [2.45, 2.75) is 19.4 Å². The van der Waals surface area contributed by atoms with Gasteiger partial charge in [0.05, 0.1) is 0 Å². The van der Waals surface area contributed by atoms with E-state index in [-0.39, 0.29) is 17.7 Å². The first-order valence-electron chi connectivity index (χ1n) is 4.96. The molecule has 0 saturated carbocycles. The third-order valence-electron chi connectivity index (χ3n) is 2.42. The van der Waals surface area contributed by atoms with E-state index < -0.39 is 5.82 Å². The molecule has 7 heteroatoms. The van der Waals surface area contributed by atoms with Gasteiger partial charge in [-0.25, -0.2) is 9.37 Å². The number of hydrogen-bond donors (Lipinski definition) is 2. The van der Waals surface area contributed by atoms with Gasteiger partial charge in [-0.3, -0.25) is 0 Å². The van der Waals surface area contributed by atoms with E-state index in [1.807, 2.05) is 6.92 Å². The van der Waals surface area contributed by atoms with E-state index in [2.05, 4.69) is 26.1 Å². The summed E-state index contributed by atoms with van der Waals surface area (Å²) in [5.74, 6) is -0.0958. The van der Waals surface area contributed by atoms with Crippen LogP contribution in [0.15, 0.2) is 21.9 Å². The molecule has 5 nitrogen and oxygen atoms in total. The van der Waals surface area contributed by atoms with Crippen molar-refractivity contribution in [2.75, 3.05) is 11.9 Å². The predicted octanol–water partition coefficient (Wildman–Crippen LogP) is 1.94. The summed E-state index contributed by atoms with van der Waals surface area (Å²) in [6.45, 7) is 1.83. The number of oxime groups is 1. The maximum atomic E-state index is 13.6. The van der Waals surface area contributed by atoms with Crippen molar-refractivity contribution in [2.24, 2.45) is 10.9 Å². The topological polar surface area (TPSA) is 74.7 Å². The van der Waals surface area contributed by atoms with Crippen molar-refractivity contribution in [3.8, 4) is 0 Å². The van der Waals surface area contributed by atoms with Gasteiger partial charge < -0.3 is 15.8 Å². The molecule has 1 rings (SSSR count). The molecule has 0 radical (unpaired) electrons. The predicted molar refractivity (Wildman–Crippen MR) is 67.8 cm³/mol. The highest BCUT2D eigenvalue weighted by atomic mass is 79.9. The molecule has 94 valence electrons. The fraction of sp³-hybridized carbons (Fsp3) is 0.400. The van der Waals surface area contributed by atoms with Crippen molar-refractivity contribution < 1.29 is 9.60 Å². The molecular formula is C10H14BrFN4O. The minimum atomic E-state index is -0.423. The summed E-state index contributed by atoms with van der Waals surface area (Å²) in [7, 11) is 1.70. The lowest BCUT2D eigenvalue weighted by Gasteiger charge is -2.25. The van der Waals surface area contributed by atoms with E-state index in [1.165, 1.54) is 12.3 Å². The lowest BCUT2D eigenvalue weighted by molar-refractivity contribution is 0.316. The smallest absolute Gasteiger partial charge is 0.166 e. The Morgan fingerprint density at radius 2 is 2.41 bits per heavy atom. The number of pyridine rings is 1. The fourth-order valence-corrected chi connectivity index (χ4v) is 1.66. The highest BCUT2D eigenvalue weighted by Gasteiger charge is 2.16. The number of anilines is 1. The number of hydrogen-bond acceptors (Lipinski definition) is 4. The van der Waals surface area contributed by atoms with Crippen molar-refractivity contribution in [1.82, 2.24) is 4.98 Å². The van der Waals surface area contributed by atoms with Gasteiger partial charge >= 0.3 is 0 Å². The molecule has 1 aromatic heterocycles. The Morgan fingerprint density at radius 3 is 2.94 bits per heavy atom. The van der Waals surface area contributed by atoms with E-state index in [1.54, 1.807) is 11.9 Å². The normalized spacial score (nSPS) is 13.5. The van der Waals surface area contributed by atoms with Crippen LogP contribution in [0.4, 0.5) is 10.2 Å². The highest BCUT2D eigenvalue weighted by Crippen LogP contribution is 2.21. The van der Waals surface area contributed by atoms with E-state index in [4.69, 9.17) is 10.9 Å². The van der Waals surface area contributed by atoms with E-state index in [9.17, 15) is 4.39 Å². The minimum absolute atomic E-state index is 0.0990. The molecule has 0 spiro atoms. The summed E-state index contributed by atoms with van der Waals surface area (Å²) in [6, 6.07) is 1.21. The Morgan fingerprint density at radius 1 is 1.76 bits per heavy atom. The Kier molecular flexibility index (Phi) is 4.68. The summed E-state index contributed by atoms with van der Waals surface area (Å²) >= 11 is 3.14. The third-order valence-corrected chi connectivity index (χ3v) is 2.85. The fourth-order valence-electron chi connectivity index (χ4n) is 1.36. The van der Waals surface area contributed by atoms with Gasteiger partial charge in [0.15, 0.2) is 11.6 Å². The summed E-state index contributed by atoms with van der Waals surface area (Å²) in [5, 5.41) is 11.4. The van der Waals surface area contributed by atoms with Crippen molar-refractivity contribution >= 4 is 27.6 Å². The van der Waals surface area contributed by atoms with Gasteiger partial charge in [0.2, 0.25) is 0 Å². The van der Waals surface area contributed by atoms with Crippen molar-refractivity contribution in [3.05, 3.63) is 22.6 Å². The zero-order valence-corrected chi connectivity index (χ0v) is 11.1. The zero-order valence-electron chi connectivity index (χ0n) is 9.56. The third kappa shape index (κ3) is 3.55. The lowest BCUT2D eigenvalue weighted by Crippen LogP contribution is -2.34. The minimum Gasteiger partial charge on any atom is -0.409 e. The van der Waals surface area contributed by atoms with Gasteiger partial charge in [-0.1, -0.05) is 5.16 Å². The number of nitrogens with two attached hydrogens (primary N) is 1. The maximum absolute atomic E-state index is 13.6. The lowest BCUT2D eigenvalue weighted by atomic mass is 10.2. The molecule has 0 amide bonds. The van der Waals surface area contributed by atoms with E-state index >= 15 is 0 Å². The molecule has 0 fully saturated rings. The largest absolute Gasteiger partial charge is 0.409 e. The number of nitrogens with zero attached hydrogens (tertiary/aromatic N) is 3. The van der Waals surface area contributed by atoms with Crippen LogP contribution in [0.25, 0.3) is 0 Å². The molecule has 0 saturated heterocycles. The highest BCUT2D eigenvalue weighted by molar-refractivity contribution is 9.10. The van der Waals surface area contributed by atoms with Crippen LogP contribution in [0.2, 0.25) is 0 Å². The van der Waals surface area contributed by atoms with Gasteiger partial charge in [-0.15, -0.1) is 0 Å². The summed E-state index contributed by atoms with van der Waals surface area (Å²) in [5.41, 5.74) is 5.40. The Hall–Kier alpha value is -1.37. The van der Waals surface area contributed by atoms with Gasteiger partial charge in [-0.2, -0.15) is 0 Å². The van der Waals surface area contributed by atoms with E-state index in [0.717, 1.165) is 0 Å². The van der Waals surface area contributed by atoms with Crippen LogP contribution in [-0.4, -0.2) is 29.1 Å². The van der Waals surface area contributed by atoms with Gasteiger partial charge in [0.1, 0.15) is 5.84 Å². The quantitative estimate of drug-likeness (QED) is 0.386. The van der Waals surface area contributed by atoms with Crippen molar-refractivity contribution in [3.63, 3.8) is 0 Å². The zero-order chi connectivity index (χ0) is 13.0. The van der Waals surface area contributed by atoms with E-state index in [0.29, 0.717) is 10.9 Å².